The van der Waals surface area contributed by atoms with Crippen molar-refractivity contribution < 1.29 is 9.47 Å². The lowest BCUT2D eigenvalue weighted by molar-refractivity contribution is 0.354. The summed E-state index contributed by atoms with van der Waals surface area (Å²) >= 11 is 1.45. The second-order valence-electron chi connectivity index (χ2n) is 11.5. The molecule has 1 N–H and O–H groups in total. The van der Waals surface area contributed by atoms with E-state index in [1.165, 1.54) is 16.9 Å². The number of fused-ring (bicyclic) bond motifs is 4. The molecule has 0 radical (unpaired) electrons. The lowest BCUT2D eigenvalue weighted by atomic mass is 9.83. The number of benzene rings is 4. The van der Waals surface area contributed by atoms with Gasteiger partial charge >= 0.3 is 0 Å². The summed E-state index contributed by atoms with van der Waals surface area (Å²) < 4.78 is 13.8. The van der Waals surface area contributed by atoms with Crippen molar-refractivity contribution in [2.75, 3.05) is 14.2 Å². The van der Waals surface area contributed by atoms with Crippen molar-refractivity contribution in [2.45, 2.75) is 25.8 Å². The van der Waals surface area contributed by atoms with Gasteiger partial charge in [-0.25, -0.2) is 4.99 Å². The van der Waals surface area contributed by atoms with Gasteiger partial charge in [0.2, 0.25) is 0 Å². The molecule has 1 atom stereocenters. The van der Waals surface area contributed by atoms with Gasteiger partial charge in [0.25, 0.3) is 5.56 Å². The van der Waals surface area contributed by atoms with Gasteiger partial charge in [0.05, 0.1) is 36.2 Å². The first kappa shape index (κ1) is 27.4. The second-order valence-corrected chi connectivity index (χ2v) is 12.5. The van der Waals surface area contributed by atoms with Crippen LogP contribution in [0.25, 0.3) is 33.9 Å². The summed E-state index contributed by atoms with van der Waals surface area (Å²) in [5, 5.41) is 1.09. The maximum Gasteiger partial charge on any atom is 0.271 e. The average Bonchev–Trinajstić information content (AvgIpc) is 3.61. The molecule has 3 heterocycles. The molecule has 0 saturated heterocycles. The first-order valence-electron chi connectivity index (χ1n) is 15.1. The summed E-state index contributed by atoms with van der Waals surface area (Å²) in [6.45, 7) is 2.11. The molecule has 0 bridgehead atoms. The molecule has 6 nitrogen and oxygen atoms in total. The van der Waals surface area contributed by atoms with Gasteiger partial charge in [-0.3, -0.25) is 9.36 Å². The third kappa shape index (κ3) is 4.37. The highest BCUT2D eigenvalue weighted by Gasteiger charge is 2.33. The Morgan fingerprint density at radius 2 is 1.71 bits per heavy atom. The number of thiazole rings is 1. The van der Waals surface area contributed by atoms with Crippen LogP contribution in [0.2, 0.25) is 0 Å². The standard InChI is InChI=1S/C38H31N3O3S/c1-22-10-9-15-27-29(34(39-33(22)27)24-12-5-4-6-13-24)21-32-37(42)41-36(25-17-19-30(43-2)31(20-25)44-3)28-18-16-23-11-7-8-14-26(23)35(28)40-38(41)45-32/h4-15,17,19-21,36,39H,16,18H2,1-3H3/b32-21+/t36-/m1/s1. The number of nitrogens with one attached hydrogen (secondary N) is 1. The lowest BCUT2D eigenvalue weighted by Crippen LogP contribution is -2.38. The average molecular weight is 610 g/mol. The Balaban J connectivity index is 1.40. The van der Waals surface area contributed by atoms with Crippen molar-refractivity contribution in [1.29, 1.82) is 0 Å². The van der Waals surface area contributed by atoms with Gasteiger partial charge in [-0.15, -0.1) is 0 Å². The molecular weight excluding hydrogens is 579 g/mol. The molecule has 2 aliphatic rings. The number of aromatic nitrogens is 2. The number of rotatable bonds is 5. The zero-order valence-electron chi connectivity index (χ0n) is 25.3. The number of hydrogen-bond acceptors (Lipinski definition) is 5. The molecule has 0 fully saturated rings. The molecule has 0 amide bonds. The minimum Gasteiger partial charge on any atom is -0.493 e. The fourth-order valence-electron chi connectivity index (χ4n) is 6.84. The fourth-order valence-corrected chi connectivity index (χ4v) is 7.83. The molecule has 1 aliphatic heterocycles. The summed E-state index contributed by atoms with van der Waals surface area (Å²) in [5.74, 6) is 1.29. The molecular formula is C38H31N3O3S. The van der Waals surface area contributed by atoms with Crippen molar-refractivity contribution in [2.24, 2.45) is 4.99 Å². The van der Waals surface area contributed by atoms with Crippen LogP contribution in [0, 0.1) is 6.92 Å². The number of aromatic amines is 1. The smallest absolute Gasteiger partial charge is 0.271 e. The van der Waals surface area contributed by atoms with Crippen molar-refractivity contribution in [1.82, 2.24) is 9.55 Å². The van der Waals surface area contributed by atoms with Crippen LogP contribution in [0.15, 0.2) is 106 Å². The van der Waals surface area contributed by atoms with Crippen LogP contribution in [0.3, 0.4) is 0 Å². The molecule has 1 aliphatic carbocycles. The molecule has 0 spiro atoms. The molecule has 2 aromatic heterocycles. The van der Waals surface area contributed by atoms with Gasteiger partial charge in [-0.05, 0) is 65.8 Å². The monoisotopic (exact) mass is 609 g/mol. The SMILES string of the molecule is COc1ccc([C@@H]2C3=C(N=c4s/c(=C/c5c(-c6ccccc6)[nH]c6c(C)cccc56)c(=O)n42)c2ccccc2CC3)cc1OC. The highest BCUT2D eigenvalue weighted by atomic mass is 32.1. The fraction of sp³-hybridized carbons (Fsp3) is 0.158. The summed E-state index contributed by atoms with van der Waals surface area (Å²) in [6.07, 6.45) is 3.76. The Kier molecular flexibility index (Phi) is 6.57. The van der Waals surface area contributed by atoms with Gasteiger partial charge in [0, 0.05) is 22.0 Å². The summed E-state index contributed by atoms with van der Waals surface area (Å²) in [7, 11) is 3.27. The molecule has 8 rings (SSSR count). The van der Waals surface area contributed by atoms with Crippen molar-refractivity contribution in [3.05, 3.63) is 144 Å². The number of hydrogen-bond donors (Lipinski definition) is 1. The van der Waals surface area contributed by atoms with Gasteiger partial charge in [0.15, 0.2) is 16.3 Å². The van der Waals surface area contributed by atoms with E-state index in [0.717, 1.165) is 68.5 Å². The summed E-state index contributed by atoms with van der Waals surface area (Å²) in [5.41, 5.74) is 10.8. The zero-order chi connectivity index (χ0) is 30.7. The summed E-state index contributed by atoms with van der Waals surface area (Å²) in [6, 6.07) is 30.7. The summed E-state index contributed by atoms with van der Waals surface area (Å²) in [4.78, 5) is 24.1. The van der Waals surface area contributed by atoms with Gasteiger partial charge in [0.1, 0.15) is 0 Å². The first-order valence-corrected chi connectivity index (χ1v) is 15.9. The third-order valence-electron chi connectivity index (χ3n) is 9.02. The van der Waals surface area contributed by atoms with Gasteiger partial charge < -0.3 is 14.5 Å². The zero-order valence-corrected chi connectivity index (χ0v) is 26.1. The largest absolute Gasteiger partial charge is 0.493 e. The molecule has 7 heteroatoms. The topological polar surface area (TPSA) is 68.6 Å². The Morgan fingerprint density at radius 1 is 0.911 bits per heavy atom. The van der Waals surface area contributed by atoms with E-state index >= 15 is 0 Å². The van der Waals surface area contributed by atoms with Crippen LogP contribution in [0.1, 0.15) is 40.3 Å². The van der Waals surface area contributed by atoms with E-state index in [4.69, 9.17) is 14.5 Å². The molecule has 0 saturated carbocycles. The maximum atomic E-state index is 14.6. The molecule has 4 aromatic carbocycles. The van der Waals surface area contributed by atoms with Crippen molar-refractivity contribution >= 4 is 34.0 Å². The number of para-hydroxylation sites is 1. The van der Waals surface area contributed by atoms with Crippen LogP contribution < -0.4 is 24.4 Å². The van der Waals surface area contributed by atoms with Gasteiger partial charge in [-0.1, -0.05) is 90.2 Å². The number of ether oxygens (including phenoxy) is 2. The Labute approximate surface area is 264 Å². The maximum absolute atomic E-state index is 14.6. The minimum atomic E-state index is -0.314. The van der Waals surface area contributed by atoms with Crippen LogP contribution in [-0.4, -0.2) is 23.8 Å². The highest BCUT2D eigenvalue weighted by molar-refractivity contribution is 7.07. The normalized spacial score (nSPS) is 15.8. The number of aryl methyl sites for hydroxylation is 2. The van der Waals surface area contributed by atoms with Crippen molar-refractivity contribution in [3.8, 4) is 22.8 Å². The molecule has 222 valence electrons. The molecule has 45 heavy (non-hydrogen) atoms. The van der Waals surface area contributed by atoms with E-state index in [9.17, 15) is 4.79 Å². The predicted molar refractivity (Wildman–Crippen MR) is 181 cm³/mol. The number of methoxy groups -OCH3 is 2. The lowest BCUT2D eigenvalue weighted by Gasteiger charge is -2.31. The predicted octanol–water partition coefficient (Wildman–Crippen LogP) is 6.79. The molecule has 0 unspecified atom stereocenters. The van der Waals surface area contributed by atoms with E-state index in [-0.39, 0.29) is 11.6 Å². The molecule has 6 aromatic rings. The minimum absolute atomic E-state index is 0.0510. The Bertz CT molecular complexity index is 2340. The van der Waals surface area contributed by atoms with Crippen LogP contribution in [0.5, 0.6) is 11.5 Å². The van der Waals surface area contributed by atoms with E-state index in [2.05, 4.69) is 66.5 Å². The highest BCUT2D eigenvalue weighted by Crippen LogP contribution is 2.43. The Hall–Kier alpha value is -5.14. The number of allylic oxidation sites excluding steroid dienone is 1. The van der Waals surface area contributed by atoms with E-state index in [0.29, 0.717) is 20.8 Å². The quantitative estimate of drug-likeness (QED) is 0.234. The number of nitrogens with zero attached hydrogens (tertiary/aromatic N) is 2. The number of H-pyrrole nitrogens is 1. The van der Waals surface area contributed by atoms with Crippen LogP contribution >= 0.6 is 11.3 Å². The van der Waals surface area contributed by atoms with E-state index < -0.39 is 0 Å². The first-order chi connectivity index (χ1) is 22.1. The van der Waals surface area contributed by atoms with Crippen molar-refractivity contribution in [3.63, 3.8) is 0 Å². The van der Waals surface area contributed by atoms with E-state index in [1.54, 1.807) is 14.2 Å². The Morgan fingerprint density at radius 3 is 2.53 bits per heavy atom. The van der Waals surface area contributed by atoms with Gasteiger partial charge in [-0.2, -0.15) is 0 Å². The third-order valence-corrected chi connectivity index (χ3v) is 10.00. The van der Waals surface area contributed by atoms with Crippen LogP contribution in [0.4, 0.5) is 0 Å². The van der Waals surface area contributed by atoms with Crippen LogP contribution in [-0.2, 0) is 6.42 Å². The second kappa shape index (κ2) is 10.8. The van der Waals surface area contributed by atoms with E-state index in [1.807, 2.05) is 47.0 Å².